The number of carbonyl (C=O) groups excluding carboxylic acids is 1. The van der Waals surface area contributed by atoms with Gasteiger partial charge in [0, 0.05) is 29.6 Å². The molecule has 0 spiro atoms. The number of aromatic nitrogens is 1. The van der Waals surface area contributed by atoms with Crippen LogP contribution in [0.4, 0.5) is 5.69 Å². The van der Waals surface area contributed by atoms with E-state index in [-0.39, 0.29) is 11.8 Å². The lowest BCUT2D eigenvalue weighted by atomic mass is 10.1. The van der Waals surface area contributed by atoms with E-state index in [1.807, 2.05) is 60.1 Å². The van der Waals surface area contributed by atoms with Crippen molar-refractivity contribution in [2.75, 3.05) is 5.32 Å². The maximum absolute atomic E-state index is 11.8. The zero-order valence-corrected chi connectivity index (χ0v) is 13.4. The molecule has 4 rings (SSSR count). The van der Waals surface area contributed by atoms with Crippen molar-refractivity contribution in [2.24, 2.45) is 13.0 Å². The SMILES string of the molecule is Cn1c(-c2ccc(NC(=O)C3CC3)cc2)c(C#N)c2ccccc21. The van der Waals surface area contributed by atoms with Crippen LogP contribution in [-0.2, 0) is 11.8 Å². The third-order valence-corrected chi connectivity index (χ3v) is 4.59. The van der Waals surface area contributed by atoms with E-state index >= 15 is 0 Å². The highest BCUT2D eigenvalue weighted by Crippen LogP contribution is 2.33. The first-order valence-electron chi connectivity index (χ1n) is 8.08. The number of nitrogens with one attached hydrogen (secondary N) is 1. The lowest BCUT2D eigenvalue weighted by molar-refractivity contribution is -0.117. The van der Waals surface area contributed by atoms with Crippen molar-refractivity contribution in [3.05, 3.63) is 54.1 Å². The highest BCUT2D eigenvalue weighted by atomic mass is 16.2. The second kappa shape index (κ2) is 5.54. The van der Waals surface area contributed by atoms with Crippen LogP contribution in [0.25, 0.3) is 22.2 Å². The van der Waals surface area contributed by atoms with Crippen LogP contribution in [0.3, 0.4) is 0 Å². The summed E-state index contributed by atoms with van der Waals surface area (Å²) < 4.78 is 2.05. The molecule has 0 unspecified atom stereocenters. The van der Waals surface area contributed by atoms with Gasteiger partial charge >= 0.3 is 0 Å². The van der Waals surface area contributed by atoms with Crippen molar-refractivity contribution >= 4 is 22.5 Å². The summed E-state index contributed by atoms with van der Waals surface area (Å²) in [6.45, 7) is 0. The number of hydrogen-bond donors (Lipinski definition) is 1. The van der Waals surface area contributed by atoms with Crippen molar-refractivity contribution in [3.63, 3.8) is 0 Å². The second-order valence-corrected chi connectivity index (χ2v) is 6.25. The van der Waals surface area contributed by atoms with Gasteiger partial charge < -0.3 is 9.88 Å². The Kier molecular flexibility index (Phi) is 3.35. The molecule has 1 aliphatic rings. The summed E-state index contributed by atoms with van der Waals surface area (Å²) in [6.07, 6.45) is 1.98. The molecular weight excluding hydrogens is 298 g/mol. The van der Waals surface area contributed by atoms with Crippen LogP contribution in [0.2, 0.25) is 0 Å². The summed E-state index contributed by atoms with van der Waals surface area (Å²) in [5.74, 6) is 0.290. The summed E-state index contributed by atoms with van der Waals surface area (Å²) >= 11 is 0. The van der Waals surface area contributed by atoms with Gasteiger partial charge in [0.25, 0.3) is 0 Å². The highest BCUT2D eigenvalue weighted by Gasteiger charge is 2.29. The minimum absolute atomic E-state index is 0.102. The Morgan fingerprint density at radius 2 is 1.88 bits per heavy atom. The van der Waals surface area contributed by atoms with Gasteiger partial charge in [-0.25, -0.2) is 0 Å². The summed E-state index contributed by atoms with van der Waals surface area (Å²) in [6, 6.07) is 18.0. The molecule has 0 saturated heterocycles. The van der Waals surface area contributed by atoms with Gasteiger partial charge in [-0.05, 0) is 36.6 Å². The zero-order valence-electron chi connectivity index (χ0n) is 13.4. The number of fused-ring (bicyclic) bond motifs is 1. The van der Waals surface area contributed by atoms with Gasteiger partial charge in [0.05, 0.1) is 11.3 Å². The van der Waals surface area contributed by atoms with Crippen molar-refractivity contribution in [3.8, 4) is 17.3 Å². The highest BCUT2D eigenvalue weighted by molar-refractivity contribution is 5.96. The zero-order chi connectivity index (χ0) is 16.7. The van der Waals surface area contributed by atoms with E-state index in [4.69, 9.17) is 0 Å². The molecule has 1 saturated carbocycles. The normalized spacial score (nSPS) is 13.7. The van der Waals surface area contributed by atoms with Crippen molar-refractivity contribution < 1.29 is 4.79 Å². The minimum Gasteiger partial charge on any atom is -0.343 e. The van der Waals surface area contributed by atoms with Crippen LogP contribution in [0.5, 0.6) is 0 Å². The molecule has 1 aromatic heterocycles. The molecule has 24 heavy (non-hydrogen) atoms. The third kappa shape index (κ3) is 2.35. The molecule has 2 aromatic carbocycles. The number of anilines is 1. The average Bonchev–Trinajstić information content (AvgIpc) is 3.41. The van der Waals surface area contributed by atoms with Crippen LogP contribution >= 0.6 is 0 Å². The van der Waals surface area contributed by atoms with Gasteiger partial charge in [0.2, 0.25) is 5.91 Å². The number of para-hydroxylation sites is 1. The van der Waals surface area contributed by atoms with Crippen molar-refractivity contribution in [1.82, 2.24) is 4.57 Å². The third-order valence-electron chi connectivity index (χ3n) is 4.59. The Morgan fingerprint density at radius 1 is 1.17 bits per heavy atom. The van der Waals surface area contributed by atoms with Crippen LogP contribution < -0.4 is 5.32 Å². The molecule has 4 nitrogen and oxygen atoms in total. The van der Waals surface area contributed by atoms with E-state index in [9.17, 15) is 10.1 Å². The smallest absolute Gasteiger partial charge is 0.227 e. The van der Waals surface area contributed by atoms with Crippen LogP contribution in [0.15, 0.2) is 48.5 Å². The Hall–Kier alpha value is -3.06. The fourth-order valence-corrected chi connectivity index (χ4v) is 3.15. The number of amides is 1. The molecule has 1 amide bonds. The van der Waals surface area contributed by atoms with Crippen LogP contribution in [0, 0.1) is 17.2 Å². The molecule has 0 atom stereocenters. The number of rotatable bonds is 3. The fraction of sp³-hybridized carbons (Fsp3) is 0.200. The van der Waals surface area contributed by atoms with Crippen molar-refractivity contribution in [1.29, 1.82) is 5.26 Å². The first-order chi connectivity index (χ1) is 11.7. The Labute approximate surface area is 140 Å². The monoisotopic (exact) mass is 315 g/mol. The molecule has 0 bridgehead atoms. The van der Waals surface area contributed by atoms with Gasteiger partial charge in [-0.2, -0.15) is 5.26 Å². The molecule has 0 aliphatic heterocycles. The number of carbonyl (C=O) groups is 1. The summed E-state index contributed by atoms with van der Waals surface area (Å²) in [5.41, 5.74) is 4.39. The van der Waals surface area contributed by atoms with Crippen molar-refractivity contribution in [2.45, 2.75) is 12.8 Å². The van der Waals surface area contributed by atoms with Gasteiger partial charge in [0.15, 0.2) is 0 Å². The van der Waals surface area contributed by atoms with E-state index < -0.39 is 0 Å². The minimum atomic E-state index is 0.102. The molecule has 1 heterocycles. The number of benzene rings is 2. The summed E-state index contributed by atoms with van der Waals surface area (Å²) in [4.78, 5) is 11.8. The molecule has 4 heteroatoms. The number of hydrogen-bond acceptors (Lipinski definition) is 2. The van der Waals surface area contributed by atoms with Gasteiger partial charge in [-0.1, -0.05) is 30.3 Å². The van der Waals surface area contributed by atoms with E-state index in [1.54, 1.807) is 0 Å². The van der Waals surface area contributed by atoms with Crippen LogP contribution in [-0.4, -0.2) is 10.5 Å². The maximum atomic E-state index is 11.8. The molecule has 118 valence electrons. The Balaban J connectivity index is 1.73. The molecule has 1 aliphatic carbocycles. The van der Waals surface area contributed by atoms with E-state index in [2.05, 4.69) is 11.4 Å². The Morgan fingerprint density at radius 3 is 2.54 bits per heavy atom. The maximum Gasteiger partial charge on any atom is 0.227 e. The lowest BCUT2D eigenvalue weighted by Gasteiger charge is -2.08. The molecule has 1 N–H and O–H groups in total. The number of nitrogens with zero attached hydrogens (tertiary/aromatic N) is 2. The number of aryl methyl sites for hydroxylation is 1. The predicted octanol–water partition coefficient (Wildman–Crippen LogP) is 4.07. The predicted molar refractivity (Wildman–Crippen MR) is 94.4 cm³/mol. The largest absolute Gasteiger partial charge is 0.343 e. The molecule has 3 aromatic rings. The molecular formula is C20H17N3O. The van der Waals surface area contributed by atoms with E-state index in [0.29, 0.717) is 5.56 Å². The summed E-state index contributed by atoms with van der Waals surface area (Å²) in [7, 11) is 1.97. The second-order valence-electron chi connectivity index (χ2n) is 6.25. The first-order valence-corrected chi connectivity index (χ1v) is 8.08. The fourth-order valence-electron chi connectivity index (χ4n) is 3.15. The lowest BCUT2D eigenvalue weighted by Crippen LogP contribution is -2.13. The quantitative estimate of drug-likeness (QED) is 0.792. The van der Waals surface area contributed by atoms with E-state index in [1.165, 1.54) is 0 Å². The van der Waals surface area contributed by atoms with Crippen LogP contribution in [0.1, 0.15) is 18.4 Å². The number of nitriles is 1. The van der Waals surface area contributed by atoms with Gasteiger partial charge in [0.1, 0.15) is 6.07 Å². The molecule has 1 fully saturated rings. The summed E-state index contributed by atoms with van der Waals surface area (Å²) in [5, 5.41) is 13.5. The standard InChI is InChI=1S/C20H17N3O/c1-23-18-5-3-2-4-16(18)17(12-21)19(23)13-8-10-15(11-9-13)22-20(24)14-6-7-14/h2-5,8-11,14H,6-7H2,1H3,(H,22,24). The van der Waals surface area contributed by atoms with Gasteiger partial charge in [-0.3, -0.25) is 4.79 Å². The Bertz CT molecular complexity index is 973. The molecule has 0 radical (unpaired) electrons. The van der Waals surface area contributed by atoms with E-state index in [0.717, 1.165) is 40.7 Å². The van der Waals surface area contributed by atoms with Gasteiger partial charge in [-0.15, -0.1) is 0 Å². The average molecular weight is 315 g/mol. The first kappa shape index (κ1) is 14.5. The topological polar surface area (TPSA) is 57.8 Å².